The standard InChI is InChI=1S/C25H28N6O4S/c1-35-22-3-2-4-23(17-22)36(33,34)31-10-9-19-18-26-25(28-24(19)31)27-20-5-7-21(8-6-20)30-13-11-29(12-14-30)15-16-32/h2-10,17-18,32H,11-16H2,1H3,(H,26,27,28). The maximum absolute atomic E-state index is 13.3. The van der Waals surface area contributed by atoms with Crippen LogP contribution in [0.25, 0.3) is 11.0 Å². The summed E-state index contributed by atoms with van der Waals surface area (Å²) in [6, 6.07) is 16.0. The third kappa shape index (κ3) is 4.85. The summed E-state index contributed by atoms with van der Waals surface area (Å²) in [5, 5.41) is 12.9. The van der Waals surface area contributed by atoms with Gasteiger partial charge in [0.1, 0.15) is 5.75 Å². The quantitative estimate of drug-likeness (QED) is 0.371. The third-order valence-corrected chi connectivity index (χ3v) is 7.93. The number of nitrogens with zero attached hydrogens (tertiary/aromatic N) is 5. The third-order valence-electron chi connectivity index (χ3n) is 6.27. The second-order valence-corrected chi connectivity index (χ2v) is 10.3. The molecule has 1 fully saturated rings. The molecule has 0 atom stereocenters. The van der Waals surface area contributed by atoms with Gasteiger partial charge in [0.15, 0.2) is 5.65 Å². The topological polar surface area (TPSA) is 113 Å². The predicted molar refractivity (Wildman–Crippen MR) is 139 cm³/mol. The molecule has 2 aromatic carbocycles. The largest absolute Gasteiger partial charge is 0.497 e. The molecule has 188 valence electrons. The van der Waals surface area contributed by atoms with E-state index in [1.807, 2.05) is 24.3 Å². The van der Waals surface area contributed by atoms with Crippen molar-refractivity contribution < 1.29 is 18.3 Å². The van der Waals surface area contributed by atoms with E-state index in [0.29, 0.717) is 23.6 Å². The Hall–Kier alpha value is -3.67. The van der Waals surface area contributed by atoms with E-state index in [9.17, 15) is 8.42 Å². The van der Waals surface area contributed by atoms with E-state index < -0.39 is 10.0 Å². The van der Waals surface area contributed by atoms with Gasteiger partial charge < -0.3 is 20.1 Å². The summed E-state index contributed by atoms with van der Waals surface area (Å²) in [5.41, 5.74) is 2.21. The molecule has 0 bridgehead atoms. The second-order valence-electron chi connectivity index (χ2n) is 8.49. The van der Waals surface area contributed by atoms with Crippen molar-refractivity contribution in [1.29, 1.82) is 0 Å². The molecule has 0 amide bonds. The predicted octanol–water partition coefficient (Wildman–Crippen LogP) is 2.53. The van der Waals surface area contributed by atoms with Crippen molar-refractivity contribution in [3.63, 3.8) is 0 Å². The number of ether oxygens (including phenoxy) is 1. The molecule has 0 aliphatic carbocycles. The minimum absolute atomic E-state index is 0.111. The molecule has 0 saturated carbocycles. The van der Waals surface area contributed by atoms with Crippen molar-refractivity contribution in [2.24, 2.45) is 0 Å². The Labute approximate surface area is 209 Å². The first-order chi connectivity index (χ1) is 17.5. The first-order valence-electron chi connectivity index (χ1n) is 11.7. The van der Waals surface area contributed by atoms with Gasteiger partial charge in [-0.05, 0) is 42.5 Å². The summed E-state index contributed by atoms with van der Waals surface area (Å²) in [4.78, 5) is 13.5. The lowest BCUT2D eigenvalue weighted by molar-refractivity contribution is 0.189. The fourth-order valence-electron chi connectivity index (χ4n) is 4.28. The fraction of sp³-hybridized carbons (Fsp3) is 0.280. The Kier molecular flexibility index (Phi) is 6.77. The van der Waals surface area contributed by atoms with Crippen LogP contribution in [-0.4, -0.2) is 78.8 Å². The van der Waals surface area contributed by atoms with Crippen LogP contribution in [0.3, 0.4) is 0 Å². The van der Waals surface area contributed by atoms with Gasteiger partial charge in [0.2, 0.25) is 5.95 Å². The fourth-order valence-corrected chi connectivity index (χ4v) is 5.62. The molecule has 5 rings (SSSR count). The molecule has 11 heteroatoms. The van der Waals surface area contributed by atoms with Crippen LogP contribution in [0.5, 0.6) is 5.75 Å². The van der Waals surface area contributed by atoms with Gasteiger partial charge in [0.05, 0.1) is 18.6 Å². The second kappa shape index (κ2) is 10.1. The van der Waals surface area contributed by atoms with Crippen LogP contribution in [0.1, 0.15) is 0 Å². The summed E-state index contributed by atoms with van der Waals surface area (Å²) < 4.78 is 32.9. The van der Waals surface area contributed by atoms with Crippen LogP contribution in [0.4, 0.5) is 17.3 Å². The van der Waals surface area contributed by atoms with Gasteiger partial charge >= 0.3 is 0 Å². The number of aliphatic hydroxyl groups is 1. The van der Waals surface area contributed by atoms with Crippen molar-refractivity contribution in [3.8, 4) is 5.75 Å². The van der Waals surface area contributed by atoms with Gasteiger partial charge in [-0.3, -0.25) is 4.90 Å². The summed E-state index contributed by atoms with van der Waals surface area (Å²) in [6.45, 7) is 4.56. The SMILES string of the molecule is COc1cccc(S(=O)(=O)n2ccc3cnc(Nc4ccc(N5CCN(CCO)CC5)cc4)nc32)c1. The number of methoxy groups -OCH3 is 1. The van der Waals surface area contributed by atoms with Gasteiger partial charge in [0, 0.05) is 67.9 Å². The molecule has 3 heterocycles. The summed E-state index contributed by atoms with van der Waals surface area (Å²) >= 11 is 0. The van der Waals surface area contributed by atoms with Gasteiger partial charge in [-0.15, -0.1) is 0 Å². The molecule has 0 spiro atoms. The highest BCUT2D eigenvalue weighted by atomic mass is 32.2. The number of hydrogen-bond acceptors (Lipinski definition) is 9. The minimum atomic E-state index is -3.87. The Bertz CT molecular complexity index is 1450. The van der Waals surface area contributed by atoms with Crippen LogP contribution >= 0.6 is 0 Å². The Morgan fingerprint density at radius 3 is 2.56 bits per heavy atom. The van der Waals surface area contributed by atoms with Gasteiger partial charge in [-0.25, -0.2) is 17.4 Å². The number of aromatic nitrogens is 3. The van der Waals surface area contributed by atoms with Gasteiger partial charge in [-0.1, -0.05) is 6.07 Å². The number of fused-ring (bicyclic) bond motifs is 1. The maximum atomic E-state index is 13.3. The van der Waals surface area contributed by atoms with Crippen LogP contribution < -0.4 is 15.0 Å². The van der Waals surface area contributed by atoms with Gasteiger partial charge in [0.25, 0.3) is 10.0 Å². The summed E-state index contributed by atoms with van der Waals surface area (Å²) in [6.07, 6.45) is 3.08. The maximum Gasteiger partial charge on any atom is 0.269 e. The molecule has 2 N–H and O–H groups in total. The molecule has 4 aromatic rings. The summed E-state index contributed by atoms with van der Waals surface area (Å²) in [5.74, 6) is 0.758. The van der Waals surface area contributed by atoms with Crippen LogP contribution in [0, 0.1) is 0 Å². The average molecular weight is 509 g/mol. The summed E-state index contributed by atoms with van der Waals surface area (Å²) in [7, 11) is -2.38. The molecular formula is C25H28N6O4S. The van der Waals surface area contributed by atoms with Crippen LogP contribution in [0.2, 0.25) is 0 Å². The van der Waals surface area contributed by atoms with E-state index >= 15 is 0 Å². The van der Waals surface area contributed by atoms with Crippen LogP contribution in [0.15, 0.2) is 71.9 Å². The molecular weight excluding hydrogens is 480 g/mol. The van der Waals surface area contributed by atoms with E-state index in [0.717, 1.165) is 41.5 Å². The Morgan fingerprint density at radius 2 is 1.83 bits per heavy atom. The monoisotopic (exact) mass is 508 g/mol. The Morgan fingerprint density at radius 1 is 1.06 bits per heavy atom. The van der Waals surface area contributed by atoms with Crippen LogP contribution in [-0.2, 0) is 10.0 Å². The van der Waals surface area contributed by atoms with E-state index in [4.69, 9.17) is 9.84 Å². The van der Waals surface area contributed by atoms with Crippen molar-refractivity contribution in [2.45, 2.75) is 4.90 Å². The number of nitrogens with one attached hydrogen (secondary N) is 1. The molecule has 0 unspecified atom stereocenters. The first kappa shape index (κ1) is 24.0. The lowest BCUT2D eigenvalue weighted by atomic mass is 10.2. The van der Waals surface area contributed by atoms with E-state index in [2.05, 4.69) is 25.1 Å². The molecule has 36 heavy (non-hydrogen) atoms. The molecule has 1 aliphatic rings. The van der Waals surface area contributed by atoms with E-state index in [1.165, 1.54) is 25.4 Å². The number of β-amino-alcohol motifs (C(OH)–C–C–N with tert-alkyl or cyclic N) is 1. The van der Waals surface area contributed by atoms with Crippen molar-refractivity contribution in [1.82, 2.24) is 18.8 Å². The number of rotatable bonds is 8. The van der Waals surface area contributed by atoms with Crippen molar-refractivity contribution in [3.05, 3.63) is 67.0 Å². The first-order valence-corrected chi connectivity index (χ1v) is 13.1. The van der Waals surface area contributed by atoms with Crippen molar-refractivity contribution in [2.75, 3.05) is 56.7 Å². The molecule has 0 radical (unpaired) electrons. The number of anilines is 3. The minimum Gasteiger partial charge on any atom is -0.497 e. The highest BCUT2D eigenvalue weighted by Gasteiger charge is 2.21. The highest BCUT2D eigenvalue weighted by Crippen LogP contribution is 2.25. The molecule has 1 aliphatic heterocycles. The zero-order valence-electron chi connectivity index (χ0n) is 19.9. The lowest BCUT2D eigenvalue weighted by Crippen LogP contribution is -2.47. The number of piperazine rings is 1. The van der Waals surface area contributed by atoms with E-state index in [1.54, 1.807) is 24.4 Å². The number of aliphatic hydroxyl groups excluding tert-OH is 1. The zero-order chi connectivity index (χ0) is 25.1. The molecule has 10 nitrogen and oxygen atoms in total. The lowest BCUT2D eigenvalue weighted by Gasteiger charge is -2.35. The number of benzene rings is 2. The molecule has 1 saturated heterocycles. The number of hydrogen-bond donors (Lipinski definition) is 2. The molecule has 2 aromatic heterocycles. The smallest absolute Gasteiger partial charge is 0.269 e. The Balaban J connectivity index is 1.34. The highest BCUT2D eigenvalue weighted by molar-refractivity contribution is 7.90. The normalized spacial score (nSPS) is 14.8. The van der Waals surface area contributed by atoms with Gasteiger partial charge in [-0.2, -0.15) is 4.98 Å². The van der Waals surface area contributed by atoms with E-state index in [-0.39, 0.29) is 17.1 Å². The van der Waals surface area contributed by atoms with Crippen molar-refractivity contribution >= 4 is 38.4 Å². The average Bonchev–Trinajstić information content (AvgIpc) is 3.34. The zero-order valence-corrected chi connectivity index (χ0v) is 20.7.